The quantitative estimate of drug-likeness (QED) is 0.216. The van der Waals surface area contributed by atoms with Crippen molar-refractivity contribution in [3.63, 3.8) is 0 Å². The van der Waals surface area contributed by atoms with Gasteiger partial charge in [0.15, 0.2) is 0 Å². The molecule has 1 aromatic heterocycles. The minimum Gasteiger partial charge on any atom is -0.496 e. The standard InChI is InChI=1S/C34H41N3O3/c1-5-27(6-2)36-20-10-11-24(22-36)23-37-33(29-12-8-9-13-32(29)39-4)35-31-19-16-26(21-30(31)34(37)38)25-14-17-28(18-15-25)40-7-3/h8-9,12-19,21,24,27H,5-7,10-11,20,22-23H2,1-4H3. The van der Waals surface area contributed by atoms with Gasteiger partial charge in [0, 0.05) is 19.1 Å². The number of piperidine rings is 1. The molecule has 6 heteroatoms. The summed E-state index contributed by atoms with van der Waals surface area (Å²) in [6.07, 6.45) is 4.57. The van der Waals surface area contributed by atoms with Crippen LogP contribution in [0.1, 0.15) is 46.5 Å². The molecule has 0 spiro atoms. The fourth-order valence-electron chi connectivity index (χ4n) is 6.16. The van der Waals surface area contributed by atoms with Crippen LogP contribution in [0.25, 0.3) is 33.4 Å². The van der Waals surface area contributed by atoms with Crippen LogP contribution in [0.15, 0.2) is 71.5 Å². The Labute approximate surface area is 237 Å². The minimum atomic E-state index is -0.00153. The Morgan fingerprint density at radius 2 is 1.73 bits per heavy atom. The molecule has 1 fully saturated rings. The van der Waals surface area contributed by atoms with E-state index in [0.717, 1.165) is 67.0 Å². The first kappa shape index (κ1) is 27.9. The van der Waals surface area contributed by atoms with Crippen LogP contribution >= 0.6 is 0 Å². The average molecular weight is 540 g/mol. The maximum absolute atomic E-state index is 14.3. The lowest BCUT2D eigenvalue weighted by atomic mass is 9.95. The zero-order valence-electron chi connectivity index (χ0n) is 24.2. The molecular formula is C34H41N3O3. The first-order valence-corrected chi connectivity index (χ1v) is 14.7. The van der Waals surface area contributed by atoms with E-state index in [1.807, 2.05) is 78.2 Å². The highest BCUT2D eigenvalue weighted by molar-refractivity contribution is 5.85. The maximum atomic E-state index is 14.3. The first-order chi connectivity index (χ1) is 19.6. The Hall–Kier alpha value is -3.64. The second-order valence-electron chi connectivity index (χ2n) is 10.7. The second kappa shape index (κ2) is 12.7. The molecule has 1 atom stereocenters. The number of hydrogen-bond acceptors (Lipinski definition) is 5. The molecule has 0 amide bonds. The number of rotatable bonds is 10. The van der Waals surface area contributed by atoms with Crippen molar-refractivity contribution in [2.45, 2.75) is 59.0 Å². The van der Waals surface area contributed by atoms with Crippen molar-refractivity contribution in [1.82, 2.24) is 14.5 Å². The summed E-state index contributed by atoms with van der Waals surface area (Å²) in [5.74, 6) is 2.61. The normalized spacial score (nSPS) is 16.0. The van der Waals surface area contributed by atoms with Crippen molar-refractivity contribution in [3.05, 3.63) is 77.1 Å². The SMILES string of the molecule is CCOc1ccc(-c2ccc3nc(-c4ccccc4OC)n(CC4CCCN(C(CC)CC)C4)c(=O)c3c2)cc1. The van der Waals surface area contributed by atoms with E-state index in [4.69, 9.17) is 14.5 Å². The van der Waals surface area contributed by atoms with Gasteiger partial charge in [0.05, 0.1) is 30.2 Å². The summed E-state index contributed by atoms with van der Waals surface area (Å²) in [7, 11) is 1.67. The zero-order valence-corrected chi connectivity index (χ0v) is 24.2. The van der Waals surface area contributed by atoms with Gasteiger partial charge in [-0.1, -0.05) is 44.2 Å². The summed E-state index contributed by atoms with van der Waals surface area (Å²) in [4.78, 5) is 22.0. The Bertz CT molecular complexity index is 1490. The molecule has 2 heterocycles. The van der Waals surface area contributed by atoms with E-state index < -0.39 is 0 Å². The van der Waals surface area contributed by atoms with Gasteiger partial charge in [-0.2, -0.15) is 0 Å². The number of methoxy groups -OCH3 is 1. The number of nitrogens with zero attached hydrogens (tertiary/aromatic N) is 3. The molecule has 210 valence electrons. The van der Waals surface area contributed by atoms with Gasteiger partial charge in [-0.3, -0.25) is 9.36 Å². The Morgan fingerprint density at radius 1 is 0.975 bits per heavy atom. The van der Waals surface area contributed by atoms with Crippen molar-refractivity contribution in [2.75, 3.05) is 26.8 Å². The lowest BCUT2D eigenvalue weighted by Crippen LogP contribution is -2.44. The summed E-state index contributed by atoms with van der Waals surface area (Å²) < 4.78 is 13.2. The van der Waals surface area contributed by atoms with Crippen LogP contribution in [0.2, 0.25) is 0 Å². The van der Waals surface area contributed by atoms with E-state index in [0.29, 0.717) is 41.8 Å². The summed E-state index contributed by atoms with van der Waals surface area (Å²) in [6, 6.07) is 22.4. The van der Waals surface area contributed by atoms with Gasteiger partial charge >= 0.3 is 0 Å². The van der Waals surface area contributed by atoms with E-state index in [1.165, 1.54) is 0 Å². The summed E-state index contributed by atoms with van der Waals surface area (Å²) in [6.45, 7) is 9.94. The Kier molecular flexibility index (Phi) is 8.85. The van der Waals surface area contributed by atoms with E-state index in [1.54, 1.807) is 7.11 Å². The monoisotopic (exact) mass is 539 g/mol. The fraction of sp³-hybridized carbons (Fsp3) is 0.412. The number of likely N-dealkylation sites (tertiary alicyclic amines) is 1. The number of ether oxygens (including phenoxy) is 2. The molecule has 0 bridgehead atoms. The van der Waals surface area contributed by atoms with E-state index in [-0.39, 0.29) is 5.56 Å². The molecule has 5 rings (SSSR count). The number of hydrogen-bond donors (Lipinski definition) is 0. The fourth-order valence-corrected chi connectivity index (χ4v) is 6.16. The third-order valence-electron chi connectivity index (χ3n) is 8.25. The average Bonchev–Trinajstić information content (AvgIpc) is 3.00. The molecule has 0 radical (unpaired) electrons. The van der Waals surface area contributed by atoms with Gasteiger partial charge in [-0.15, -0.1) is 0 Å². The maximum Gasteiger partial charge on any atom is 0.261 e. The van der Waals surface area contributed by atoms with Crippen molar-refractivity contribution in [2.24, 2.45) is 5.92 Å². The van der Waals surface area contributed by atoms with E-state index in [9.17, 15) is 4.79 Å². The van der Waals surface area contributed by atoms with Crippen LogP contribution in [0.5, 0.6) is 11.5 Å². The topological polar surface area (TPSA) is 56.6 Å². The van der Waals surface area contributed by atoms with Crippen molar-refractivity contribution in [3.8, 4) is 34.0 Å². The lowest BCUT2D eigenvalue weighted by molar-refractivity contribution is 0.109. The highest BCUT2D eigenvalue weighted by atomic mass is 16.5. The molecule has 0 aliphatic carbocycles. The second-order valence-corrected chi connectivity index (χ2v) is 10.7. The molecule has 40 heavy (non-hydrogen) atoms. The zero-order chi connectivity index (χ0) is 28.1. The molecule has 1 aliphatic heterocycles. The molecule has 1 unspecified atom stereocenters. The van der Waals surface area contributed by atoms with E-state index in [2.05, 4.69) is 18.7 Å². The summed E-state index contributed by atoms with van der Waals surface area (Å²) >= 11 is 0. The van der Waals surface area contributed by atoms with Gasteiger partial charge in [0.1, 0.15) is 17.3 Å². The van der Waals surface area contributed by atoms with Crippen LogP contribution in [0.3, 0.4) is 0 Å². The molecule has 0 saturated carbocycles. The molecular weight excluding hydrogens is 498 g/mol. The van der Waals surface area contributed by atoms with Crippen LogP contribution in [-0.2, 0) is 6.54 Å². The first-order valence-electron chi connectivity index (χ1n) is 14.7. The summed E-state index contributed by atoms with van der Waals surface area (Å²) in [5, 5.41) is 0.637. The number of aromatic nitrogens is 2. The minimum absolute atomic E-state index is 0.00153. The number of para-hydroxylation sites is 1. The smallest absolute Gasteiger partial charge is 0.261 e. The van der Waals surface area contributed by atoms with E-state index >= 15 is 0 Å². The number of fused-ring (bicyclic) bond motifs is 1. The molecule has 4 aromatic rings. The van der Waals surface area contributed by atoms with Crippen molar-refractivity contribution >= 4 is 10.9 Å². The van der Waals surface area contributed by atoms with Gasteiger partial charge in [0.2, 0.25) is 0 Å². The molecule has 3 aromatic carbocycles. The van der Waals surface area contributed by atoms with Crippen molar-refractivity contribution < 1.29 is 9.47 Å². The highest BCUT2D eigenvalue weighted by Gasteiger charge is 2.26. The van der Waals surface area contributed by atoms with Crippen LogP contribution in [-0.4, -0.2) is 47.3 Å². The Balaban J connectivity index is 1.59. The highest BCUT2D eigenvalue weighted by Crippen LogP contribution is 2.32. The van der Waals surface area contributed by atoms with Crippen molar-refractivity contribution in [1.29, 1.82) is 0 Å². The third-order valence-corrected chi connectivity index (χ3v) is 8.25. The predicted octanol–water partition coefficient (Wildman–Crippen LogP) is 7.04. The van der Waals surface area contributed by atoms with Gasteiger partial charge in [-0.05, 0) is 92.6 Å². The van der Waals surface area contributed by atoms with Crippen LogP contribution in [0, 0.1) is 5.92 Å². The molecule has 0 N–H and O–H groups in total. The lowest BCUT2D eigenvalue weighted by Gasteiger charge is -2.38. The van der Waals surface area contributed by atoms with Crippen LogP contribution < -0.4 is 15.0 Å². The van der Waals surface area contributed by atoms with Gasteiger partial charge in [-0.25, -0.2) is 4.98 Å². The summed E-state index contributed by atoms with van der Waals surface area (Å²) in [5.41, 5.74) is 3.56. The van der Waals surface area contributed by atoms with Crippen LogP contribution in [0.4, 0.5) is 0 Å². The largest absolute Gasteiger partial charge is 0.496 e. The third kappa shape index (κ3) is 5.78. The Morgan fingerprint density at radius 3 is 2.45 bits per heavy atom. The van der Waals surface area contributed by atoms with Gasteiger partial charge in [0.25, 0.3) is 5.56 Å². The number of benzene rings is 3. The predicted molar refractivity (Wildman–Crippen MR) is 163 cm³/mol. The molecule has 1 saturated heterocycles. The molecule has 1 aliphatic rings. The molecule has 6 nitrogen and oxygen atoms in total. The van der Waals surface area contributed by atoms with Gasteiger partial charge < -0.3 is 14.4 Å².